The highest BCUT2D eigenvalue weighted by atomic mass is 16.5. The Balaban J connectivity index is 1.62. The van der Waals surface area contributed by atoms with Crippen molar-refractivity contribution in [1.82, 2.24) is 0 Å². The van der Waals surface area contributed by atoms with Crippen molar-refractivity contribution >= 4 is 11.9 Å². The third-order valence-corrected chi connectivity index (χ3v) is 5.64. The molecule has 0 aliphatic carbocycles. The predicted molar refractivity (Wildman–Crippen MR) is 133 cm³/mol. The van der Waals surface area contributed by atoms with Gasteiger partial charge in [0.05, 0.1) is 11.1 Å². The average molecular weight is 451 g/mol. The van der Waals surface area contributed by atoms with E-state index >= 15 is 0 Å². The fourth-order valence-electron chi connectivity index (χ4n) is 3.62. The Kier molecular flexibility index (Phi) is 7.19. The molecule has 0 bridgehead atoms. The first-order valence-electron chi connectivity index (χ1n) is 11.4. The number of ether oxygens (including phenoxy) is 2. The summed E-state index contributed by atoms with van der Waals surface area (Å²) in [4.78, 5) is 25.9. The largest absolute Gasteiger partial charge is 0.423 e. The second-order valence-corrected chi connectivity index (χ2v) is 7.90. The van der Waals surface area contributed by atoms with Crippen molar-refractivity contribution in [2.45, 2.75) is 26.7 Å². The first-order valence-corrected chi connectivity index (χ1v) is 11.4. The number of esters is 2. The van der Waals surface area contributed by atoms with Crippen molar-refractivity contribution in [3.63, 3.8) is 0 Å². The molecule has 0 amide bonds. The first-order chi connectivity index (χ1) is 16.6. The van der Waals surface area contributed by atoms with Gasteiger partial charge in [0.2, 0.25) is 0 Å². The molecular weight excluding hydrogens is 424 g/mol. The van der Waals surface area contributed by atoms with E-state index in [1.165, 1.54) is 5.56 Å². The number of carbonyl (C=O) groups excluding carboxylic acids is 2. The molecule has 4 rings (SSSR count). The zero-order chi connectivity index (χ0) is 23.9. The molecule has 0 aliphatic rings. The van der Waals surface area contributed by atoms with Gasteiger partial charge in [-0.2, -0.15) is 0 Å². The normalized spacial score (nSPS) is 10.5. The van der Waals surface area contributed by atoms with E-state index in [-0.39, 0.29) is 0 Å². The number of rotatable bonds is 7. The molecule has 0 saturated heterocycles. The maximum absolute atomic E-state index is 13.1. The Morgan fingerprint density at radius 3 is 1.68 bits per heavy atom. The highest BCUT2D eigenvalue weighted by molar-refractivity contribution is 6.01. The molecule has 0 unspecified atom stereocenters. The summed E-state index contributed by atoms with van der Waals surface area (Å²) in [5.41, 5.74) is 4.46. The molecule has 170 valence electrons. The number of hydrogen-bond acceptors (Lipinski definition) is 4. The highest BCUT2D eigenvalue weighted by Gasteiger charge is 2.19. The maximum atomic E-state index is 13.1. The van der Waals surface area contributed by atoms with E-state index in [9.17, 15) is 9.59 Å². The van der Waals surface area contributed by atoms with E-state index in [1.807, 2.05) is 54.6 Å². The van der Waals surface area contributed by atoms with E-state index in [0.29, 0.717) is 28.2 Å². The molecule has 0 atom stereocenters. The minimum atomic E-state index is -0.489. The van der Waals surface area contributed by atoms with Crippen molar-refractivity contribution < 1.29 is 19.1 Å². The summed E-state index contributed by atoms with van der Waals surface area (Å²) in [6.45, 7) is 4.14. The summed E-state index contributed by atoms with van der Waals surface area (Å²) in [6.07, 6.45) is 1.82. The molecule has 34 heavy (non-hydrogen) atoms. The van der Waals surface area contributed by atoms with Crippen molar-refractivity contribution in [3.8, 4) is 22.6 Å². The summed E-state index contributed by atoms with van der Waals surface area (Å²) < 4.78 is 11.2. The van der Waals surface area contributed by atoms with Crippen LogP contribution in [0.5, 0.6) is 11.5 Å². The summed E-state index contributed by atoms with van der Waals surface area (Å²) in [7, 11) is 0. The molecule has 0 N–H and O–H groups in total. The number of hydrogen-bond donors (Lipinski definition) is 0. The first kappa shape index (κ1) is 23.0. The molecule has 4 heteroatoms. The highest BCUT2D eigenvalue weighted by Crippen LogP contribution is 2.27. The lowest BCUT2D eigenvalue weighted by atomic mass is 9.97. The van der Waals surface area contributed by atoms with Crippen LogP contribution in [0.3, 0.4) is 0 Å². The van der Waals surface area contributed by atoms with Crippen LogP contribution in [0.2, 0.25) is 0 Å². The summed E-state index contributed by atoms with van der Waals surface area (Å²) in [5.74, 6) is -0.0302. The van der Waals surface area contributed by atoms with Gasteiger partial charge in [0, 0.05) is 0 Å². The van der Waals surface area contributed by atoms with Gasteiger partial charge in [-0.25, -0.2) is 9.59 Å². The van der Waals surface area contributed by atoms with Gasteiger partial charge in [-0.1, -0.05) is 68.4 Å². The third kappa shape index (κ3) is 5.41. The molecule has 0 aromatic heterocycles. The standard InChI is InChI=1S/C30H26O4/c1-3-21-10-15-25(16-11-21)33-29(31)24-14-19-27(28(20-24)23-8-6-5-7-9-23)30(32)34-26-17-12-22(4-2)13-18-26/h5-20H,3-4H2,1-2H3. The SMILES string of the molecule is CCc1ccc(OC(=O)c2ccc(C(=O)Oc3ccc(CC)cc3)c(-c3ccccc3)c2)cc1. The van der Waals surface area contributed by atoms with E-state index in [1.54, 1.807) is 42.5 Å². The molecular formula is C30H26O4. The van der Waals surface area contributed by atoms with Crippen molar-refractivity contribution in [2.24, 2.45) is 0 Å². The molecule has 0 heterocycles. The van der Waals surface area contributed by atoms with Gasteiger partial charge in [-0.15, -0.1) is 0 Å². The fourth-order valence-corrected chi connectivity index (χ4v) is 3.62. The molecule has 4 aromatic rings. The Bertz CT molecular complexity index is 1270. The molecule has 4 aromatic carbocycles. The van der Waals surface area contributed by atoms with Crippen molar-refractivity contribution in [1.29, 1.82) is 0 Å². The Hall–Kier alpha value is -4.18. The second-order valence-electron chi connectivity index (χ2n) is 7.90. The third-order valence-electron chi connectivity index (χ3n) is 5.64. The predicted octanol–water partition coefficient (Wildman–Crippen LogP) is 6.92. The van der Waals surface area contributed by atoms with Crippen LogP contribution in [0, 0.1) is 0 Å². The van der Waals surface area contributed by atoms with E-state index in [0.717, 1.165) is 24.0 Å². The summed E-state index contributed by atoms with van der Waals surface area (Å²) >= 11 is 0. The van der Waals surface area contributed by atoms with E-state index in [2.05, 4.69) is 13.8 Å². The minimum absolute atomic E-state index is 0.349. The molecule has 0 spiro atoms. The zero-order valence-corrected chi connectivity index (χ0v) is 19.3. The number of carbonyl (C=O) groups is 2. The van der Waals surface area contributed by atoms with Gasteiger partial charge in [0.15, 0.2) is 0 Å². The Morgan fingerprint density at radius 1 is 0.618 bits per heavy atom. The summed E-state index contributed by atoms with van der Waals surface area (Å²) in [6, 6.07) is 29.2. The van der Waals surface area contributed by atoms with Crippen LogP contribution in [0.1, 0.15) is 45.7 Å². The van der Waals surface area contributed by atoms with Gasteiger partial charge in [-0.3, -0.25) is 0 Å². The lowest BCUT2D eigenvalue weighted by Gasteiger charge is -2.12. The topological polar surface area (TPSA) is 52.6 Å². The second kappa shape index (κ2) is 10.6. The Labute approximate surface area is 199 Å². The molecule has 0 fully saturated rings. The number of benzene rings is 4. The van der Waals surface area contributed by atoms with Gasteiger partial charge in [-0.05, 0) is 77.6 Å². The quantitative estimate of drug-likeness (QED) is 0.227. The van der Waals surface area contributed by atoms with Crippen LogP contribution in [-0.4, -0.2) is 11.9 Å². The van der Waals surface area contributed by atoms with Crippen LogP contribution >= 0.6 is 0 Å². The summed E-state index contributed by atoms with van der Waals surface area (Å²) in [5, 5.41) is 0. The minimum Gasteiger partial charge on any atom is -0.423 e. The molecule has 0 radical (unpaired) electrons. The molecule has 0 saturated carbocycles. The van der Waals surface area contributed by atoms with Gasteiger partial charge in [0.25, 0.3) is 0 Å². The molecule has 4 nitrogen and oxygen atoms in total. The van der Waals surface area contributed by atoms with Gasteiger partial charge in [0.1, 0.15) is 11.5 Å². The average Bonchev–Trinajstić information content (AvgIpc) is 2.89. The van der Waals surface area contributed by atoms with E-state index in [4.69, 9.17) is 9.47 Å². The molecule has 0 aliphatic heterocycles. The van der Waals surface area contributed by atoms with Crippen LogP contribution in [0.25, 0.3) is 11.1 Å². The lowest BCUT2D eigenvalue weighted by Crippen LogP contribution is -2.13. The van der Waals surface area contributed by atoms with Gasteiger partial charge < -0.3 is 9.47 Å². The zero-order valence-electron chi connectivity index (χ0n) is 19.3. The van der Waals surface area contributed by atoms with Crippen LogP contribution in [0.4, 0.5) is 0 Å². The lowest BCUT2D eigenvalue weighted by molar-refractivity contribution is 0.0721. The Morgan fingerprint density at radius 2 is 1.15 bits per heavy atom. The van der Waals surface area contributed by atoms with Crippen LogP contribution in [-0.2, 0) is 12.8 Å². The van der Waals surface area contributed by atoms with E-state index < -0.39 is 11.9 Å². The van der Waals surface area contributed by atoms with Crippen LogP contribution in [0.15, 0.2) is 97.1 Å². The fraction of sp³-hybridized carbons (Fsp3) is 0.133. The number of aryl methyl sites for hydroxylation is 2. The van der Waals surface area contributed by atoms with Gasteiger partial charge >= 0.3 is 11.9 Å². The van der Waals surface area contributed by atoms with Crippen LogP contribution < -0.4 is 9.47 Å². The monoisotopic (exact) mass is 450 g/mol. The van der Waals surface area contributed by atoms with Crippen molar-refractivity contribution in [3.05, 3.63) is 119 Å². The maximum Gasteiger partial charge on any atom is 0.344 e. The van der Waals surface area contributed by atoms with Crippen molar-refractivity contribution in [2.75, 3.05) is 0 Å². The smallest absolute Gasteiger partial charge is 0.344 e.